The van der Waals surface area contributed by atoms with Crippen molar-refractivity contribution < 1.29 is 14.7 Å². The van der Waals surface area contributed by atoms with Crippen LogP contribution in [0.1, 0.15) is 26.5 Å². The van der Waals surface area contributed by atoms with Gasteiger partial charge in [-0.3, -0.25) is 4.79 Å². The number of aromatic nitrogens is 1. The van der Waals surface area contributed by atoms with E-state index in [-0.39, 0.29) is 17.1 Å². The first kappa shape index (κ1) is 11.5. The number of carbonyl (C=O) groups excluding carboxylic acids is 1. The Morgan fingerprint density at radius 1 is 1.53 bits per heavy atom. The molecule has 15 heavy (non-hydrogen) atoms. The summed E-state index contributed by atoms with van der Waals surface area (Å²) in [7, 11) is 1.44. The number of nitrogens with one attached hydrogen (secondary N) is 1. The minimum absolute atomic E-state index is 0.000694. The van der Waals surface area contributed by atoms with Gasteiger partial charge in [-0.15, -0.1) is 11.6 Å². The van der Waals surface area contributed by atoms with Crippen LogP contribution in [0.25, 0.3) is 0 Å². The smallest absolute Gasteiger partial charge is 0.335 e. The second-order valence-corrected chi connectivity index (χ2v) is 3.02. The Morgan fingerprint density at radius 2 is 2.20 bits per heavy atom. The summed E-state index contributed by atoms with van der Waals surface area (Å²) < 4.78 is 0. The molecule has 1 amide bonds. The van der Waals surface area contributed by atoms with Gasteiger partial charge in [0.15, 0.2) is 0 Å². The Balaban J connectivity index is 3.23. The van der Waals surface area contributed by atoms with E-state index in [2.05, 4.69) is 10.3 Å². The van der Waals surface area contributed by atoms with Crippen LogP contribution in [0.5, 0.6) is 0 Å². The van der Waals surface area contributed by atoms with Crippen molar-refractivity contribution in [1.29, 1.82) is 0 Å². The summed E-state index contributed by atoms with van der Waals surface area (Å²) in [6.45, 7) is 0. The van der Waals surface area contributed by atoms with Crippen molar-refractivity contribution in [2.75, 3.05) is 7.05 Å². The number of rotatable bonds is 3. The standard InChI is InChI=1S/C9H9ClN2O3/c1-11-8(13)7-3-5(9(14)15)2-6(4-10)12-7/h2-3H,4H2,1H3,(H,11,13)(H,14,15). The van der Waals surface area contributed by atoms with Gasteiger partial charge in [0.2, 0.25) is 0 Å². The third-order valence-corrected chi connectivity index (χ3v) is 2.00. The highest BCUT2D eigenvalue weighted by molar-refractivity contribution is 6.17. The Morgan fingerprint density at radius 3 is 2.67 bits per heavy atom. The fraction of sp³-hybridized carbons (Fsp3) is 0.222. The number of carboxylic acids is 1. The first-order chi connectivity index (χ1) is 7.08. The molecular formula is C9H9ClN2O3. The highest BCUT2D eigenvalue weighted by Crippen LogP contribution is 2.08. The van der Waals surface area contributed by atoms with E-state index in [1.807, 2.05) is 0 Å². The van der Waals surface area contributed by atoms with Crippen molar-refractivity contribution in [3.8, 4) is 0 Å². The van der Waals surface area contributed by atoms with E-state index in [0.29, 0.717) is 5.69 Å². The lowest BCUT2D eigenvalue weighted by Crippen LogP contribution is -2.20. The molecule has 6 heteroatoms. The van der Waals surface area contributed by atoms with Crippen LogP contribution < -0.4 is 5.32 Å². The van der Waals surface area contributed by atoms with Crippen molar-refractivity contribution in [3.05, 3.63) is 29.1 Å². The van der Waals surface area contributed by atoms with Crippen LogP contribution in [0.4, 0.5) is 0 Å². The Labute approximate surface area is 91.1 Å². The molecule has 0 unspecified atom stereocenters. The van der Waals surface area contributed by atoms with Crippen LogP contribution in [-0.4, -0.2) is 29.0 Å². The number of alkyl halides is 1. The van der Waals surface area contributed by atoms with E-state index in [9.17, 15) is 9.59 Å². The maximum atomic E-state index is 11.2. The molecule has 0 bridgehead atoms. The molecule has 1 rings (SSSR count). The van der Waals surface area contributed by atoms with Gasteiger partial charge in [-0.2, -0.15) is 0 Å². The van der Waals surface area contributed by atoms with Crippen LogP contribution in [0.15, 0.2) is 12.1 Å². The highest BCUT2D eigenvalue weighted by atomic mass is 35.5. The first-order valence-corrected chi connectivity index (χ1v) is 4.64. The molecule has 1 heterocycles. The molecule has 0 fully saturated rings. The number of pyridine rings is 1. The fourth-order valence-corrected chi connectivity index (χ4v) is 1.16. The molecule has 0 radical (unpaired) electrons. The van der Waals surface area contributed by atoms with Crippen LogP contribution in [0.3, 0.4) is 0 Å². The Bertz CT molecular complexity index is 406. The van der Waals surface area contributed by atoms with Gasteiger partial charge in [0.25, 0.3) is 5.91 Å². The largest absolute Gasteiger partial charge is 0.478 e. The van der Waals surface area contributed by atoms with Crippen molar-refractivity contribution in [1.82, 2.24) is 10.3 Å². The van der Waals surface area contributed by atoms with E-state index in [1.165, 1.54) is 19.2 Å². The van der Waals surface area contributed by atoms with Crippen molar-refractivity contribution in [2.45, 2.75) is 5.88 Å². The summed E-state index contributed by atoms with van der Waals surface area (Å²) in [4.78, 5) is 25.9. The third-order valence-electron chi connectivity index (χ3n) is 1.72. The minimum atomic E-state index is -1.12. The molecule has 0 aliphatic heterocycles. The van der Waals surface area contributed by atoms with Gasteiger partial charge in [-0.25, -0.2) is 9.78 Å². The van der Waals surface area contributed by atoms with Crippen molar-refractivity contribution >= 4 is 23.5 Å². The number of aromatic carboxylic acids is 1. The van der Waals surface area contributed by atoms with Gasteiger partial charge >= 0.3 is 5.97 Å². The summed E-state index contributed by atoms with van der Waals surface area (Å²) >= 11 is 5.54. The number of carbonyl (C=O) groups is 2. The molecule has 0 saturated carbocycles. The molecule has 0 aliphatic rings. The van der Waals surface area contributed by atoms with Gasteiger partial charge in [-0.1, -0.05) is 0 Å². The predicted octanol–water partition coefficient (Wildman–Crippen LogP) is 0.878. The van der Waals surface area contributed by atoms with E-state index < -0.39 is 11.9 Å². The van der Waals surface area contributed by atoms with E-state index in [1.54, 1.807) is 0 Å². The van der Waals surface area contributed by atoms with Crippen LogP contribution in [0.2, 0.25) is 0 Å². The van der Waals surface area contributed by atoms with Crippen LogP contribution in [0, 0.1) is 0 Å². The molecule has 5 nitrogen and oxygen atoms in total. The predicted molar refractivity (Wildman–Crippen MR) is 54.1 cm³/mol. The summed E-state index contributed by atoms with van der Waals surface area (Å²) in [5.41, 5.74) is 0.405. The molecule has 2 N–H and O–H groups in total. The van der Waals surface area contributed by atoms with Gasteiger partial charge in [0.1, 0.15) is 5.69 Å². The maximum absolute atomic E-state index is 11.2. The van der Waals surface area contributed by atoms with Crippen LogP contribution in [-0.2, 0) is 5.88 Å². The van der Waals surface area contributed by atoms with Crippen molar-refractivity contribution in [3.63, 3.8) is 0 Å². The number of hydrogen-bond donors (Lipinski definition) is 2. The second-order valence-electron chi connectivity index (χ2n) is 2.75. The zero-order chi connectivity index (χ0) is 11.4. The number of halogens is 1. The first-order valence-electron chi connectivity index (χ1n) is 4.10. The van der Waals surface area contributed by atoms with E-state index in [4.69, 9.17) is 16.7 Å². The monoisotopic (exact) mass is 228 g/mol. The molecule has 0 aromatic carbocycles. The fourth-order valence-electron chi connectivity index (χ4n) is 1.02. The van der Waals surface area contributed by atoms with E-state index >= 15 is 0 Å². The normalized spacial score (nSPS) is 9.73. The molecule has 80 valence electrons. The summed E-state index contributed by atoms with van der Waals surface area (Å²) in [5.74, 6) is -1.50. The van der Waals surface area contributed by atoms with Gasteiger partial charge < -0.3 is 10.4 Å². The summed E-state index contributed by atoms with van der Waals surface area (Å²) in [6.07, 6.45) is 0. The van der Waals surface area contributed by atoms with Gasteiger partial charge in [0, 0.05) is 7.05 Å². The number of amides is 1. The lowest BCUT2D eigenvalue weighted by atomic mass is 10.2. The Hall–Kier alpha value is -1.62. The molecule has 0 aliphatic carbocycles. The van der Waals surface area contributed by atoms with Crippen molar-refractivity contribution in [2.24, 2.45) is 0 Å². The number of carboxylic acid groups (broad SMARTS) is 1. The van der Waals surface area contributed by atoms with E-state index in [0.717, 1.165) is 0 Å². The highest BCUT2D eigenvalue weighted by Gasteiger charge is 2.12. The summed E-state index contributed by atoms with van der Waals surface area (Å²) in [6, 6.07) is 2.54. The topological polar surface area (TPSA) is 79.3 Å². The molecule has 0 spiro atoms. The zero-order valence-corrected chi connectivity index (χ0v) is 8.71. The van der Waals surface area contributed by atoms with Crippen LogP contribution >= 0.6 is 11.6 Å². The average Bonchev–Trinajstić information content (AvgIpc) is 2.27. The lowest BCUT2D eigenvalue weighted by molar-refractivity contribution is 0.0696. The Kier molecular flexibility index (Phi) is 3.62. The van der Waals surface area contributed by atoms with Gasteiger partial charge in [-0.05, 0) is 12.1 Å². The number of hydrogen-bond acceptors (Lipinski definition) is 3. The third kappa shape index (κ3) is 2.66. The number of nitrogens with zero attached hydrogens (tertiary/aromatic N) is 1. The molecule has 1 aromatic rings. The summed E-state index contributed by atoms with van der Waals surface area (Å²) in [5, 5.41) is 11.1. The molecule has 0 atom stereocenters. The molecule has 1 aromatic heterocycles. The SMILES string of the molecule is CNC(=O)c1cc(C(=O)O)cc(CCl)n1. The minimum Gasteiger partial charge on any atom is -0.478 e. The maximum Gasteiger partial charge on any atom is 0.335 e. The quantitative estimate of drug-likeness (QED) is 0.753. The van der Waals surface area contributed by atoms with Gasteiger partial charge in [0.05, 0.1) is 17.1 Å². The molecule has 0 saturated heterocycles. The second kappa shape index (κ2) is 4.75. The average molecular weight is 229 g/mol. The molecular weight excluding hydrogens is 220 g/mol. The lowest BCUT2D eigenvalue weighted by Gasteiger charge is -2.03. The zero-order valence-electron chi connectivity index (χ0n) is 7.95.